The van der Waals surface area contributed by atoms with Crippen LogP contribution in [0.5, 0.6) is 0 Å². The minimum absolute atomic E-state index is 0.0280. The Morgan fingerprint density at radius 1 is 1.03 bits per heavy atom. The summed E-state index contributed by atoms with van der Waals surface area (Å²) in [6.07, 6.45) is 5.19. The molecule has 0 radical (unpaired) electrons. The van der Waals surface area contributed by atoms with Gasteiger partial charge in [0.2, 0.25) is 29.5 Å². The highest BCUT2D eigenvalue weighted by molar-refractivity contribution is 5.96. The Bertz CT molecular complexity index is 1350. The van der Waals surface area contributed by atoms with Crippen LogP contribution in [0.4, 0.5) is 0 Å². The Morgan fingerprint density at radius 3 is 2.38 bits per heavy atom. The van der Waals surface area contributed by atoms with Crippen LogP contribution < -0.4 is 27.0 Å². The van der Waals surface area contributed by atoms with Crippen LogP contribution in [0.25, 0.3) is 10.9 Å². The number of rotatable bonds is 12. The monoisotopic (exact) mass is 538 g/mol. The molecule has 1 fully saturated rings. The number of hydrogen-bond acceptors (Lipinski definition) is 7. The van der Waals surface area contributed by atoms with E-state index in [4.69, 9.17) is 5.73 Å². The molecule has 0 saturated carbocycles. The zero-order valence-electron chi connectivity index (χ0n) is 20.9. The molecular weight excluding hydrogens is 508 g/mol. The molecule has 1 aliphatic rings. The third kappa shape index (κ3) is 6.78. The molecule has 2 aromatic heterocycles. The molecule has 3 aromatic rings. The molecule has 1 saturated heterocycles. The topological polar surface area (TPSA) is 224 Å². The molecule has 4 rings (SSSR count). The molecule has 0 unspecified atom stereocenters. The van der Waals surface area contributed by atoms with Crippen molar-refractivity contribution in [2.45, 2.75) is 49.9 Å². The van der Waals surface area contributed by atoms with E-state index in [1.807, 2.05) is 24.3 Å². The zero-order valence-corrected chi connectivity index (χ0v) is 20.9. The molecular formula is C25H30N8O6. The number of amides is 5. The number of para-hydroxylation sites is 1. The number of nitrogens with two attached hydrogens (primary N) is 1. The van der Waals surface area contributed by atoms with Gasteiger partial charge in [0, 0.05) is 48.3 Å². The molecule has 14 nitrogen and oxygen atoms in total. The molecule has 39 heavy (non-hydrogen) atoms. The third-order valence-electron chi connectivity index (χ3n) is 6.50. The molecule has 0 aliphatic carbocycles. The molecule has 5 amide bonds. The smallest absolute Gasteiger partial charge is 0.243 e. The molecule has 4 atom stereocenters. The maximum absolute atomic E-state index is 13.5. The summed E-state index contributed by atoms with van der Waals surface area (Å²) in [6.45, 7) is -0.722. The highest BCUT2D eigenvalue weighted by atomic mass is 16.3. The van der Waals surface area contributed by atoms with Crippen LogP contribution in [-0.2, 0) is 36.8 Å². The van der Waals surface area contributed by atoms with Crippen molar-refractivity contribution in [2.75, 3.05) is 6.61 Å². The number of carbonyl (C=O) groups is 5. The third-order valence-corrected chi connectivity index (χ3v) is 6.50. The van der Waals surface area contributed by atoms with E-state index in [9.17, 15) is 29.1 Å². The SMILES string of the molecule is NC(=O)[C@H](CO)NC(=O)[C@H](Cc1c[nH]c2ccccc12)NC(=O)[C@H](Cc1cnc[nH]1)NC(=O)[C@@H]1CCC(=O)N1. The summed E-state index contributed by atoms with van der Waals surface area (Å²) in [7, 11) is 0. The lowest BCUT2D eigenvalue weighted by Crippen LogP contribution is -2.59. The number of H-pyrrole nitrogens is 2. The van der Waals surface area contributed by atoms with Gasteiger partial charge >= 0.3 is 0 Å². The molecule has 1 aliphatic heterocycles. The van der Waals surface area contributed by atoms with Gasteiger partial charge in [-0.05, 0) is 18.1 Å². The van der Waals surface area contributed by atoms with Gasteiger partial charge in [-0.25, -0.2) is 4.98 Å². The number of hydrogen-bond donors (Lipinski definition) is 8. The van der Waals surface area contributed by atoms with Crippen LogP contribution in [0.15, 0.2) is 43.0 Å². The van der Waals surface area contributed by atoms with E-state index in [-0.39, 0.29) is 25.2 Å². The number of imidazole rings is 1. The molecule has 206 valence electrons. The number of nitrogens with zero attached hydrogens (tertiary/aromatic N) is 1. The second kappa shape index (κ2) is 12.2. The van der Waals surface area contributed by atoms with E-state index >= 15 is 0 Å². The zero-order chi connectivity index (χ0) is 27.9. The fraction of sp³-hybridized carbons (Fsp3) is 0.360. The Balaban J connectivity index is 1.56. The number of aromatic nitrogens is 3. The Morgan fingerprint density at radius 2 is 1.74 bits per heavy atom. The second-order valence-electron chi connectivity index (χ2n) is 9.27. The van der Waals surface area contributed by atoms with Crippen molar-refractivity contribution < 1.29 is 29.1 Å². The Labute approximate surface area is 222 Å². The van der Waals surface area contributed by atoms with Crippen LogP contribution in [-0.4, -0.2) is 80.4 Å². The van der Waals surface area contributed by atoms with Crippen LogP contribution >= 0.6 is 0 Å². The van der Waals surface area contributed by atoms with Gasteiger partial charge in [-0.15, -0.1) is 0 Å². The molecule has 9 N–H and O–H groups in total. The van der Waals surface area contributed by atoms with Gasteiger partial charge < -0.3 is 42.1 Å². The van der Waals surface area contributed by atoms with Crippen molar-refractivity contribution in [2.24, 2.45) is 5.73 Å². The first-order valence-electron chi connectivity index (χ1n) is 12.4. The van der Waals surface area contributed by atoms with Gasteiger partial charge in [0.05, 0.1) is 12.9 Å². The minimum atomic E-state index is -1.36. The lowest BCUT2D eigenvalue weighted by molar-refractivity contribution is -0.134. The van der Waals surface area contributed by atoms with E-state index in [1.54, 1.807) is 6.20 Å². The molecule has 1 aromatic carbocycles. The summed E-state index contributed by atoms with van der Waals surface area (Å²) in [5.74, 6) is -3.16. The first-order chi connectivity index (χ1) is 18.7. The fourth-order valence-electron chi connectivity index (χ4n) is 4.39. The van der Waals surface area contributed by atoms with Crippen molar-refractivity contribution in [1.29, 1.82) is 0 Å². The summed E-state index contributed by atoms with van der Waals surface area (Å²) >= 11 is 0. The van der Waals surface area contributed by atoms with Crippen molar-refractivity contribution in [3.63, 3.8) is 0 Å². The molecule has 14 heteroatoms. The predicted molar refractivity (Wildman–Crippen MR) is 138 cm³/mol. The molecule has 0 spiro atoms. The molecule has 0 bridgehead atoms. The van der Waals surface area contributed by atoms with E-state index < -0.39 is 54.4 Å². The van der Waals surface area contributed by atoms with Gasteiger partial charge in [0.1, 0.15) is 24.2 Å². The predicted octanol–water partition coefficient (Wildman–Crippen LogP) is -2.11. The summed E-state index contributed by atoms with van der Waals surface area (Å²) < 4.78 is 0. The standard InChI is InChI=1S/C25H30N8O6/c26-22(36)20(11-34)33-24(38)18(7-13-9-28-16-4-2-1-3-15(13)16)31-25(39)19(8-14-10-27-12-29-14)32-23(37)17-5-6-21(35)30-17/h1-4,9-10,12,17-20,28,34H,5-8,11H2,(H2,26,36)(H,27,29)(H,30,35)(H,31,39)(H,32,37)(H,33,38)/t17-,18-,19-,20-/m0/s1. The van der Waals surface area contributed by atoms with Gasteiger partial charge in [0.25, 0.3) is 0 Å². The summed E-state index contributed by atoms with van der Waals surface area (Å²) in [4.78, 5) is 72.7. The molecule has 3 heterocycles. The number of fused-ring (bicyclic) bond motifs is 1. The average Bonchev–Trinajstić information content (AvgIpc) is 3.68. The summed E-state index contributed by atoms with van der Waals surface area (Å²) in [5, 5.41) is 20.6. The first kappa shape index (κ1) is 27.3. The minimum Gasteiger partial charge on any atom is -0.394 e. The van der Waals surface area contributed by atoms with E-state index in [1.165, 1.54) is 12.5 Å². The second-order valence-corrected chi connectivity index (χ2v) is 9.27. The van der Waals surface area contributed by atoms with Gasteiger partial charge in [-0.1, -0.05) is 18.2 Å². The highest BCUT2D eigenvalue weighted by Crippen LogP contribution is 2.19. The number of aliphatic hydroxyl groups is 1. The quantitative estimate of drug-likeness (QED) is 0.128. The maximum Gasteiger partial charge on any atom is 0.243 e. The normalized spacial score (nSPS) is 17.2. The lowest BCUT2D eigenvalue weighted by Gasteiger charge is -2.25. The van der Waals surface area contributed by atoms with Gasteiger partial charge in [-0.2, -0.15) is 0 Å². The number of nitrogens with one attached hydrogen (secondary N) is 6. The van der Waals surface area contributed by atoms with E-state index in [0.29, 0.717) is 17.7 Å². The summed E-state index contributed by atoms with van der Waals surface area (Å²) in [5.41, 5.74) is 7.36. The fourth-order valence-corrected chi connectivity index (χ4v) is 4.39. The van der Waals surface area contributed by atoms with Crippen molar-refractivity contribution in [1.82, 2.24) is 36.2 Å². The summed E-state index contributed by atoms with van der Waals surface area (Å²) in [6, 6.07) is 2.94. The largest absolute Gasteiger partial charge is 0.394 e. The first-order valence-corrected chi connectivity index (χ1v) is 12.4. The van der Waals surface area contributed by atoms with Gasteiger partial charge in [-0.3, -0.25) is 24.0 Å². The van der Waals surface area contributed by atoms with Crippen molar-refractivity contribution in [3.05, 3.63) is 54.2 Å². The number of benzene rings is 1. The highest BCUT2D eigenvalue weighted by Gasteiger charge is 2.33. The Hall–Kier alpha value is -4.72. The van der Waals surface area contributed by atoms with Crippen LogP contribution in [0, 0.1) is 0 Å². The number of aromatic amines is 2. The van der Waals surface area contributed by atoms with Crippen LogP contribution in [0.1, 0.15) is 24.1 Å². The van der Waals surface area contributed by atoms with Crippen molar-refractivity contribution in [3.8, 4) is 0 Å². The van der Waals surface area contributed by atoms with Crippen molar-refractivity contribution >= 4 is 40.4 Å². The number of primary amides is 1. The van der Waals surface area contributed by atoms with E-state index in [0.717, 1.165) is 10.9 Å². The average molecular weight is 539 g/mol. The lowest BCUT2D eigenvalue weighted by atomic mass is 10.0. The van der Waals surface area contributed by atoms with Gasteiger partial charge in [0.15, 0.2) is 0 Å². The number of carbonyl (C=O) groups excluding carboxylic acids is 5. The van der Waals surface area contributed by atoms with Crippen LogP contribution in [0.3, 0.4) is 0 Å². The maximum atomic E-state index is 13.5. The number of aliphatic hydroxyl groups excluding tert-OH is 1. The van der Waals surface area contributed by atoms with Crippen LogP contribution in [0.2, 0.25) is 0 Å². The Kier molecular flexibility index (Phi) is 8.56. The van der Waals surface area contributed by atoms with E-state index in [2.05, 4.69) is 36.2 Å².